The Hall–Kier alpha value is -2.88. The topological polar surface area (TPSA) is 62.2 Å². The van der Waals surface area contributed by atoms with E-state index in [0.29, 0.717) is 12.1 Å². The van der Waals surface area contributed by atoms with Crippen LogP contribution < -0.4 is 5.32 Å². The van der Waals surface area contributed by atoms with Crippen molar-refractivity contribution in [1.29, 1.82) is 0 Å². The molecule has 0 fully saturated rings. The summed E-state index contributed by atoms with van der Waals surface area (Å²) in [7, 11) is 0. The maximum atomic E-state index is 12.3. The van der Waals surface area contributed by atoms with Crippen LogP contribution in [0.15, 0.2) is 60.8 Å². The third-order valence-electron chi connectivity index (χ3n) is 3.93. The van der Waals surface area contributed by atoms with Crippen molar-refractivity contribution in [2.24, 2.45) is 0 Å². The quantitative estimate of drug-likeness (QED) is 0.776. The number of benzene rings is 2. The normalized spacial score (nSPS) is 12.0. The van der Waals surface area contributed by atoms with E-state index in [0.717, 1.165) is 10.9 Å². The van der Waals surface area contributed by atoms with Crippen molar-refractivity contribution in [2.45, 2.75) is 12.8 Å². The number of aromatic hydroxyl groups is 1. The highest BCUT2D eigenvalue weighted by molar-refractivity contribution is 6.02. The van der Waals surface area contributed by atoms with E-state index in [2.05, 4.69) is 17.2 Å². The van der Waals surface area contributed by atoms with Crippen molar-refractivity contribution in [3.63, 3.8) is 0 Å². The third kappa shape index (κ3) is 3.16. The molecule has 4 nitrogen and oxygen atoms in total. The fourth-order valence-corrected chi connectivity index (χ4v) is 2.55. The molecule has 2 N–H and O–H groups in total. The van der Waals surface area contributed by atoms with Gasteiger partial charge in [0.2, 0.25) is 0 Å². The van der Waals surface area contributed by atoms with Crippen molar-refractivity contribution in [2.75, 3.05) is 6.54 Å². The van der Waals surface area contributed by atoms with Gasteiger partial charge in [0.15, 0.2) is 5.75 Å². The maximum Gasteiger partial charge on any atom is 0.255 e. The third-order valence-corrected chi connectivity index (χ3v) is 3.93. The van der Waals surface area contributed by atoms with Gasteiger partial charge < -0.3 is 10.4 Å². The number of hydrogen-bond acceptors (Lipinski definition) is 3. The van der Waals surface area contributed by atoms with Gasteiger partial charge in [0.05, 0.1) is 5.56 Å². The monoisotopic (exact) mass is 306 g/mol. The summed E-state index contributed by atoms with van der Waals surface area (Å²) in [5.74, 6) is -0.174. The lowest BCUT2D eigenvalue weighted by atomic mass is 10.0. The van der Waals surface area contributed by atoms with Gasteiger partial charge in [-0.2, -0.15) is 0 Å². The van der Waals surface area contributed by atoms with Crippen LogP contribution in [0.4, 0.5) is 0 Å². The molecule has 2 aromatic carbocycles. The predicted octanol–water partition coefficient (Wildman–Crippen LogP) is 3.47. The first kappa shape index (κ1) is 15.0. The van der Waals surface area contributed by atoms with E-state index in [-0.39, 0.29) is 23.1 Å². The molecule has 4 heteroatoms. The van der Waals surface area contributed by atoms with Gasteiger partial charge in [-0.3, -0.25) is 9.78 Å². The van der Waals surface area contributed by atoms with Crippen LogP contribution >= 0.6 is 0 Å². The van der Waals surface area contributed by atoms with Gasteiger partial charge in [0.1, 0.15) is 5.52 Å². The van der Waals surface area contributed by atoms with Crippen molar-refractivity contribution in [3.8, 4) is 5.75 Å². The lowest BCUT2D eigenvalue weighted by Gasteiger charge is -2.14. The Balaban J connectivity index is 1.75. The molecule has 0 aliphatic heterocycles. The first-order chi connectivity index (χ1) is 11.2. The number of nitrogens with one attached hydrogen (secondary N) is 1. The Morgan fingerprint density at radius 2 is 1.91 bits per heavy atom. The Morgan fingerprint density at radius 1 is 1.13 bits per heavy atom. The number of pyridine rings is 1. The summed E-state index contributed by atoms with van der Waals surface area (Å²) in [6.45, 7) is 2.56. The number of phenolic OH excluding ortho intramolecular Hbond substituents is 1. The molecule has 0 spiro atoms. The van der Waals surface area contributed by atoms with E-state index in [9.17, 15) is 9.90 Å². The Bertz CT molecular complexity index is 831. The molecule has 0 bridgehead atoms. The second-order valence-electron chi connectivity index (χ2n) is 5.56. The molecule has 0 saturated carbocycles. The molecular formula is C19H18N2O2. The van der Waals surface area contributed by atoms with Gasteiger partial charge in [-0.05, 0) is 23.6 Å². The first-order valence-electron chi connectivity index (χ1n) is 7.56. The highest BCUT2D eigenvalue weighted by Crippen LogP contribution is 2.26. The van der Waals surface area contributed by atoms with Crippen molar-refractivity contribution in [1.82, 2.24) is 10.3 Å². The van der Waals surface area contributed by atoms with Crippen LogP contribution in [0.25, 0.3) is 10.9 Å². The molecule has 0 radical (unpaired) electrons. The van der Waals surface area contributed by atoms with E-state index >= 15 is 0 Å². The highest BCUT2D eigenvalue weighted by Gasteiger charge is 2.15. The second-order valence-corrected chi connectivity index (χ2v) is 5.56. The van der Waals surface area contributed by atoms with Crippen molar-refractivity contribution >= 4 is 16.8 Å². The second kappa shape index (κ2) is 6.48. The van der Waals surface area contributed by atoms with E-state index in [4.69, 9.17) is 0 Å². The molecule has 0 aliphatic rings. The Kier molecular flexibility index (Phi) is 4.24. The summed E-state index contributed by atoms with van der Waals surface area (Å²) in [5, 5.41) is 14.0. The SMILES string of the molecule is CC(CNC(=O)c1ccc2cccnc2c1O)c1ccccc1. The molecule has 3 aromatic rings. The smallest absolute Gasteiger partial charge is 0.255 e. The molecule has 3 rings (SSSR count). The van der Waals surface area contributed by atoms with Gasteiger partial charge in [0, 0.05) is 18.1 Å². The number of fused-ring (bicyclic) bond motifs is 1. The maximum absolute atomic E-state index is 12.3. The number of phenols is 1. The minimum atomic E-state index is -0.294. The zero-order valence-electron chi connectivity index (χ0n) is 12.9. The Morgan fingerprint density at radius 3 is 2.70 bits per heavy atom. The van der Waals surface area contributed by atoms with Crippen LogP contribution in [0.3, 0.4) is 0 Å². The van der Waals surface area contributed by atoms with Gasteiger partial charge in [-0.1, -0.05) is 49.4 Å². The molecule has 0 aliphatic carbocycles. The van der Waals surface area contributed by atoms with Gasteiger partial charge in [0.25, 0.3) is 5.91 Å². The number of rotatable bonds is 4. The zero-order chi connectivity index (χ0) is 16.2. The molecule has 1 amide bonds. The number of aromatic nitrogens is 1. The summed E-state index contributed by atoms with van der Waals surface area (Å²) in [4.78, 5) is 16.5. The molecular weight excluding hydrogens is 288 g/mol. The van der Waals surface area contributed by atoms with Crippen molar-refractivity contribution < 1.29 is 9.90 Å². The number of hydrogen-bond donors (Lipinski definition) is 2. The van der Waals surface area contributed by atoms with Gasteiger partial charge >= 0.3 is 0 Å². The molecule has 1 aromatic heterocycles. The van der Waals surface area contributed by atoms with Crippen LogP contribution in [-0.2, 0) is 0 Å². The first-order valence-corrected chi connectivity index (χ1v) is 7.56. The molecule has 0 saturated heterocycles. The summed E-state index contributed by atoms with van der Waals surface area (Å²) in [6, 6.07) is 17.1. The van der Waals surface area contributed by atoms with Crippen LogP contribution in [-0.4, -0.2) is 22.5 Å². The summed E-state index contributed by atoms with van der Waals surface area (Å²) < 4.78 is 0. The standard InChI is InChI=1S/C19H18N2O2/c1-13(14-6-3-2-4-7-14)12-21-19(23)16-10-9-15-8-5-11-20-17(15)18(16)22/h2-11,13,22H,12H2,1H3,(H,21,23). The molecule has 1 heterocycles. The van der Waals surface area contributed by atoms with Crippen LogP contribution in [0, 0.1) is 0 Å². The van der Waals surface area contributed by atoms with E-state index in [1.165, 1.54) is 0 Å². The predicted molar refractivity (Wildman–Crippen MR) is 90.6 cm³/mol. The number of amides is 1. The summed E-state index contributed by atoms with van der Waals surface area (Å²) in [6.07, 6.45) is 1.60. The largest absolute Gasteiger partial charge is 0.505 e. The van der Waals surface area contributed by atoms with E-state index in [1.54, 1.807) is 24.4 Å². The van der Waals surface area contributed by atoms with Crippen LogP contribution in [0.5, 0.6) is 5.75 Å². The summed E-state index contributed by atoms with van der Waals surface area (Å²) >= 11 is 0. The average molecular weight is 306 g/mol. The number of nitrogens with zero attached hydrogens (tertiary/aromatic N) is 1. The van der Waals surface area contributed by atoms with Crippen LogP contribution in [0.1, 0.15) is 28.8 Å². The van der Waals surface area contributed by atoms with Gasteiger partial charge in [-0.15, -0.1) is 0 Å². The zero-order valence-corrected chi connectivity index (χ0v) is 12.9. The minimum absolute atomic E-state index is 0.0760. The molecule has 23 heavy (non-hydrogen) atoms. The fraction of sp³-hybridized carbons (Fsp3) is 0.158. The van der Waals surface area contributed by atoms with Crippen molar-refractivity contribution in [3.05, 3.63) is 71.9 Å². The molecule has 1 atom stereocenters. The molecule has 116 valence electrons. The molecule has 1 unspecified atom stereocenters. The fourth-order valence-electron chi connectivity index (χ4n) is 2.55. The van der Waals surface area contributed by atoms with E-state index < -0.39 is 0 Å². The lowest BCUT2D eigenvalue weighted by molar-refractivity contribution is 0.0949. The number of carbonyl (C=O) groups is 1. The summed E-state index contributed by atoms with van der Waals surface area (Å²) in [5.41, 5.74) is 1.85. The average Bonchev–Trinajstić information content (AvgIpc) is 2.60. The van der Waals surface area contributed by atoms with E-state index in [1.807, 2.05) is 36.4 Å². The lowest BCUT2D eigenvalue weighted by Crippen LogP contribution is -2.27. The van der Waals surface area contributed by atoms with Crippen LogP contribution in [0.2, 0.25) is 0 Å². The number of carbonyl (C=O) groups excluding carboxylic acids is 1. The van der Waals surface area contributed by atoms with Gasteiger partial charge in [-0.25, -0.2) is 0 Å². The minimum Gasteiger partial charge on any atom is -0.505 e. The highest BCUT2D eigenvalue weighted by atomic mass is 16.3. The Labute approximate surface area is 134 Å².